The lowest BCUT2D eigenvalue weighted by molar-refractivity contribution is -0.0835. The van der Waals surface area contributed by atoms with Crippen molar-refractivity contribution in [2.45, 2.75) is 49.6 Å². The van der Waals surface area contributed by atoms with Crippen LogP contribution in [-0.4, -0.2) is 76.5 Å². The number of amides is 1. The van der Waals surface area contributed by atoms with Gasteiger partial charge in [0.2, 0.25) is 0 Å². The van der Waals surface area contributed by atoms with Crippen LogP contribution in [0.3, 0.4) is 0 Å². The summed E-state index contributed by atoms with van der Waals surface area (Å²) in [6.45, 7) is 3.32. The molecule has 1 spiro atoms. The third-order valence-electron chi connectivity index (χ3n) is 9.01. The van der Waals surface area contributed by atoms with Gasteiger partial charge in [-0.05, 0) is 66.6 Å². The Morgan fingerprint density at radius 1 is 0.976 bits per heavy atom. The Morgan fingerprint density at radius 3 is 2.45 bits per heavy atom. The van der Waals surface area contributed by atoms with Crippen LogP contribution in [0.1, 0.15) is 52.7 Å². The van der Waals surface area contributed by atoms with Gasteiger partial charge in [-0.3, -0.25) is 4.79 Å². The van der Waals surface area contributed by atoms with Gasteiger partial charge in [-0.1, -0.05) is 48.0 Å². The van der Waals surface area contributed by atoms with Crippen molar-refractivity contribution in [3.8, 4) is 11.5 Å². The molecule has 0 unspecified atom stereocenters. The lowest BCUT2D eigenvalue weighted by Crippen LogP contribution is -2.46. The number of hydrogen-bond acceptors (Lipinski definition) is 7. The number of benzene rings is 3. The number of hydrogen-bond donors (Lipinski definition) is 3. The zero-order valence-corrected chi connectivity index (χ0v) is 24.3. The molecule has 9 heteroatoms. The Kier molecular flexibility index (Phi) is 8.18. The number of aliphatic hydroxyl groups is 2. The number of phenols is 1. The maximum absolute atomic E-state index is 13.5. The molecule has 1 amide bonds. The first-order valence-electron chi connectivity index (χ1n) is 14.6. The van der Waals surface area contributed by atoms with Crippen LogP contribution in [-0.2, 0) is 22.5 Å². The quantitative estimate of drug-likeness (QED) is 0.373. The van der Waals surface area contributed by atoms with Crippen LogP contribution in [0, 0.1) is 0 Å². The summed E-state index contributed by atoms with van der Waals surface area (Å²) >= 11 is 6.16. The summed E-state index contributed by atoms with van der Waals surface area (Å²) in [6, 6.07) is 19.9. The van der Waals surface area contributed by atoms with E-state index in [9.17, 15) is 20.1 Å². The predicted molar refractivity (Wildman–Crippen MR) is 159 cm³/mol. The molecule has 0 aliphatic carbocycles. The van der Waals surface area contributed by atoms with Gasteiger partial charge >= 0.3 is 0 Å². The Bertz CT molecular complexity index is 1420. The average Bonchev–Trinajstić information content (AvgIpc) is 3.34. The number of likely N-dealkylation sites (tertiary alicyclic amines) is 2. The summed E-state index contributed by atoms with van der Waals surface area (Å²) in [5.74, 6) is -0.0168. The largest absolute Gasteiger partial charge is 0.508 e. The highest BCUT2D eigenvalue weighted by atomic mass is 35.5. The van der Waals surface area contributed by atoms with Crippen molar-refractivity contribution in [3.05, 3.63) is 94.0 Å². The Labute approximate surface area is 251 Å². The molecule has 2 saturated heterocycles. The second kappa shape index (κ2) is 11.9. The van der Waals surface area contributed by atoms with Gasteiger partial charge in [0.15, 0.2) is 0 Å². The minimum Gasteiger partial charge on any atom is -0.508 e. The SMILES string of the molecule is O=C(c1ccc(O)cc1OC[C@H](O)CN1CCC2(CC1)OCc1cc(Cl)ccc12)N1CCC(O)(c2ccccc2)CC1. The summed E-state index contributed by atoms with van der Waals surface area (Å²) in [5, 5.41) is 32.8. The van der Waals surface area contributed by atoms with Crippen LogP contribution >= 0.6 is 11.6 Å². The normalized spacial score (nSPS) is 20.3. The average molecular weight is 593 g/mol. The van der Waals surface area contributed by atoms with E-state index in [-0.39, 0.29) is 29.6 Å². The van der Waals surface area contributed by atoms with E-state index in [0.717, 1.165) is 42.1 Å². The Hall–Kier alpha value is -3.14. The Balaban J connectivity index is 1.03. The zero-order chi connectivity index (χ0) is 29.3. The highest BCUT2D eigenvalue weighted by Crippen LogP contribution is 2.44. The van der Waals surface area contributed by atoms with Crippen LogP contribution in [0.15, 0.2) is 66.7 Å². The van der Waals surface area contributed by atoms with Gasteiger partial charge in [0.1, 0.15) is 24.2 Å². The molecule has 3 aliphatic heterocycles. The fraction of sp³-hybridized carbons (Fsp3) is 0.424. The molecule has 3 aromatic carbocycles. The van der Waals surface area contributed by atoms with Gasteiger partial charge in [0.05, 0.1) is 23.4 Å². The minimum atomic E-state index is -0.967. The molecule has 0 saturated carbocycles. The highest BCUT2D eigenvalue weighted by Gasteiger charge is 2.43. The molecule has 42 heavy (non-hydrogen) atoms. The van der Waals surface area contributed by atoms with Crippen molar-refractivity contribution in [2.75, 3.05) is 39.3 Å². The smallest absolute Gasteiger partial charge is 0.257 e. The maximum Gasteiger partial charge on any atom is 0.257 e. The van der Waals surface area contributed by atoms with E-state index in [4.69, 9.17) is 21.1 Å². The number of ether oxygens (including phenoxy) is 2. The standard InChI is InChI=1S/C33H37ClN2O6/c34-25-6-9-29-23(18-25)21-42-33(29)12-14-35(15-13-33)20-27(38)22-41-30-19-26(37)7-8-28(30)31(39)36-16-10-32(40,11-17-36)24-4-2-1-3-5-24/h1-9,18-19,27,37-38,40H,10-17,20-22H2/t27-/m1/s1. The van der Waals surface area contributed by atoms with Crippen molar-refractivity contribution in [2.24, 2.45) is 0 Å². The second-order valence-electron chi connectivity index (χ2n) is 11.7. The number of aromatic hydroxyl groups is 1. The molecule has 3 heterocycles. The molecular formula is C33H37ClN2O6. The molecule has 2 fully saturated rings. The number of fused-ring (bicyclic) bond motifs is 2. The second-order valence-corrected chi connectivity index (χ2v) is 12.2. The van der Waals surface area contributed by atoms with Crippen molar-refractivity contribution < 1.29 is 29.6 Å². The van der Waals surface area contributed by atoms with Gasteiger partial charge in [0, 0.05) is 43.8 Å². The van der Waals surface area contributed by atoms with E-state index in [2.05, 4.69) is 11.0 Å². The van der Waals surface area contributed by atoms with Crippen molar-refractivity contribution in [1.29, 1.82) is 0 Å². The number of β-amino-alcohol motifs (C(OH)–C–C–N with tert-alkyl or cyclic N) is 1. The fourth-order valence-electron chi connectivity index (χ4n) is 6.56. The third kappa shape index (κ3) is 5.87. The van der Waals surface area contributed by atoms with Crippen LogP contribution in [0.25, 0.3) is 0 Å². The first kappa shape index (κ1) is 29.0. The molecular weight excluding hydrogens is 556 g/mol. The van der Waals surface area contributed by atoms with Crippen molar-refractivity contribution >= 4 is 17.5 Å². The number of carbonyl (C=O) groups excluding carboxylic acids is 1. The number of rotatable bonds is 7. The lowest BCUT2D eigenvalue weighted by Gasteiger charge is -2.40. The molecule has 0 radical (unpaired) electrons. The number of piperidine rings is 2. The molecule has 222 valence electrons. The molecule has 3 aromatic rings. The summed E-state index contributed by atoms with van der Waals surface area (Å²) in [4.78, 5) is 17.4. The summed E-state index contributed by atoms with van der Waals surface area (Å²) in [7, 11) is 0. The van der Waals surface area contributed by atoms with Crippen molar-refractivity contribution in [3.63, 3.8) is 0 Å². The number of nitrogens with zero attached hydrogens (tertiary/aromatic N) is 2. The zero-order valence-electron chi connectivity index (χ0n) is 23.5. The first-order chi connectivity index (χ1) is 20.2. The van der Waals surface area contributed by atoms with Gasteiger partial charge in [-0.15, -0.1) is 0 Å². The summed E-state index contributed by atoms with van der Waals surface area (Å²) < 4.78 is 12.2. The Morgan fingerprint density at radius 2 is 1.71 bits per heavy atom. The van der Waals surface area contributed by atoms with Gasteiger partial charge in [0.25, 0.3) is 5.91 Å². The number of halogens is 1. The van der Waals surface area contributed by atoms with E-state index in [0.29, 0.717) is 44.6 Å². The van der Waals surface area contributed by atoms with E-state index in [1.54, 1.807) is 11.0 Å². The van der Waals surface area contributed by atoms with E-state index >= 15 is 0 Å². The fourth-order valence-corrected chi connectivity index (χ4v) is 6.76. The number of carbonyl (C=O) groups is 1. The number of aliphatic hydroxyl groups excluding tert-OH is 1. The van der Waals surface area contributed by atoms with Gasteiger partial charge < -0.3 is 34.6 Å². The number of phenolic OH excluding ortho intramolecular Hbond substituents is 1. The first-order valence-corrected chi connectivity index (χ1v) is 15.0. The van der Waals surface area contributed by atoms with Crippen LogP contribution in [0.2, 0.25) is 5.02 Å². The minimum absolute atomic E-state index is 0.0169. The molecule has 3 N–H and O–H groups in total. The van der Waals surface area contributed by atoms with Crippen molar-refractivity contribution in [1.82, 2.24) is 9.80 Å². The van der Waals surface area contributed by atoms with Gasteiger partial charge in [-0.2, -0.15) is 0 Å². The molecule has 6 rings (SSSR count). The molecule has 3 aliphatic rings. The molecule has 8 nitrogen and oxygen atoms in total. The molecule has 0 aromatic heterocycles. The van der Waals surface area contributed by atoms with E-state index in [1.165, 1.54) is 17.7 Å². The summed E-state index contributed by atoms with van der Waals surface area (Å²) in [5.41, 5.74) is 2.29. The van der Waals surface area contributed by atoms with Crippen LogP contribution in [0.5, 0.6) is 11.5 Å². The van der Waals surface area contributed by atoms with E-state index in [1.807, 2.05) is 42.5 Å². The lowest BCUT2D eigenvalue weighted by atomic mass is 9.84. The molecule has 1 atom stereocenters. The summed E-state index contributed by atoms with van der Waals surface area (Å²) in [6.07, 6.45) is 1.73. The van der Waals surface area contributed by atoms with Crippen LogP contribution in [0.4, 0.5) is 0 Å². The highest BCUT2D eigenvalue weighted by molar-refractivity contribution is 6.30. The monoisotopic (exact) mass is 592 g/mol. The predicted octanol–water partition coefficient (Wildman–Crippen LogP) is 4.43. The topological polar surface area (TPSA) is 103 Å². The van der Waals surface area contributed by atoms with Gasteiger partial charge in [-0.25, -0.2) is 0 Å². The van der Waals surface area contributed by atoms with Crippen LogP contribution < -0.4 is 4.74 Å². The molecule has 0 bridgehead atoms. The third-order valence-corrected chi connectivity index (χ3v) is 9.25. The maximum atomic E-state index is 13.5. The van der Waals surface area contributed by atoms with E-state index < -0.39 is 11.7 Å².